The molecule has 0 aromatic carbocycles. The summed E-state index contributed by atoms with van der Waals surface area (Å²) in [5.74, 6) is 0.152. The maximum absolute atomic E-state index is 9.88. The van der Waals surface area contributed by atoms with Gasteiger partial charge in [-0.2, -0.15) is 9.97 Å². The molecule has 0 saturated carbocycles. The lowest BCUT2D eigenvalue weighted by molar-refractivity contribution is -0.0437. The van der Waals surface area contributed by atoms with E-state index in [1.54, 1.807) is 0 Å². The highest BCUT2D eigenvalue weighted by atomic mass is 16.5. The molecular weight excluding hydrogens is 266 g/mol. The molecule has 1 aliphatic heterocycles. The number of hydrogen-bond acceptors (Lipinski definition) is 9. The van der Waals surface area contributed by atoms with Crippen LogP contribution in [0.25, 0.3) is 11.2 Å². The number of aromatic nitrogens is 4. The summed E-state index contributed by atoms with van der Waals surface area (Å²) < 4.78 is 7.04. The Bertz CT molecular complexity index is 645. The van der Waals surface area contributed by atoms with Crippen molar-refractivity contribution in [3.63, 3.8) is 0 Å². The third kappa shape index (κ3) is 1.78. The third-order valence-corrected chi connectivity index (χ3v) is 3.34. The zero-order chi connectivity index (χ0) is 14.4. The van der Waals surface area contributed by atoms with Crippen molar-refractivity contribution in [3.8, 4) is 0 Å². The van der Waals surface area contributed by atoms with Crippen molar-refractivity contribution in [1.82, 2.24) is 19.5 Å². The van der Waals surface area contributed by atoms with Gasteiger partial charge in [0.25, 0.3) is 0 Å². The monoisotopic (exact) mass is 281 g/mol. The van der Waals surface area contributed by atoms with Gasteiger partial charge in [0.2, 0.25) is 5.95 Å². The molecule has 8 N–H and O–H groups in total. The molecule has 2 aromatic rings. The zero-order valence-electron chi connectivity index (χ0n) is 10.4. The molecule has 10 heteroatoms. The summed E-state index contributed by atoms with van der Waals surface area (Å²) in [4.78, 5) is 12.0. The van der Waals surface area contributed by atoms with Crippen molar-refractivity contribution in [2.24, 2.45) is 5.73 Å². The molecule has 0 bridgehead atoms. The maximum Gasteiger partial charge on any atom is 0.224 e. The van der Waals surface area contributed by atoms with E-state index in [4.69, 9.17) is 27.0 Å². The van der Waals surface area contributed by atoms with Crippen LogP contribution in [0.15, 0.2) is 6.33 Å². The number of hydrogen-bond donors (Lipinski definition) is 5. The lowest BCUT2D eigenvalue weighted by atomic mass is 10.1. The summed E-state index contributed by atoms with van der Waals surface area (Å²) >= 11 is 0. The van der Waals surface area contributed by atoms with E-state index in [1.807, 2.05) is 0 Å². The van der Waals surface area contributed by atoms with Gasteiger partial charge in [0.05, 0.1) is 19.0 Å². The van der Waals surface area contributed by atoms with E-state index in [1.165, 1.54) is 10.9 Å². The van der Waals surface area contributed by atoms with Gasteiger partial charge in [-0.3, -0.25) is 4.57 Å². The molecule has 0 aliphatic carbocycles. The number of nitrogens with two attached hydrogens (primary N) is 3. The van der Waals surface area contributed by atoms with Gasteiger partial charge in [-0.25, -0.2) is 4.98 Å². The second kappa shape index (κ2) is 4.52. The fourth-order valence-electron chi connectivity index (χ4n) is 2.31. The first kappa shape index (κ1) is 13.0. The van der Waals surface area contributed by atoms with Gasteiger partial charge in [0.15, 0.2) is 17.7 Å². The normalized spacial score (nSPS) is 30.1. The zero-order valence-corrected chi connectivity index (χ0v) is 10.4. The number of imidazole rings is 1. The maximum atomic E-state index is 9.88. The average molecular weight is 281 g/mol. The van der Waals surface area contributed by atoms with Crippen LogP contribution in [0.4, 0.5) is 11.8 Å². The summed E-state index contributed by atoms with van der Waals surface area (Å²) in [5, 5.41) is 19.0. The average Bonchev–Trinajstić information content (AvgIpc) is 2.93. The van der Waals surface area contributed by atoms with Crippen LogP contribution in [0.5, 0.6) is 0 Å². The van der Waals surface area contributed by atoms with Crippen molar-refractivity contribution in [3.05, 3.63) is 6.33 Å². The van der Waals surface area contributed by atoms with Crippen molar-refractivity contribution in [1.29, 1.82) is 0 Å². The number of aliphatic hydroxyl groups excluding tert-OH is 2. The minimum absolute atomic E-state index is 0.00238. The number of aliphatic hydroxyl groups is 2. The van der Waals surface area contributed by atoms with Gasteiger partial charge in [-0.15, -0.1) is 0 Å². The lowest BCUT2D eigenvalue weighted by Crippen LogP contribution is -2.39. The highest BCUT2D eigenvalue weighted by Crippen LogP contribution is 2.30. The van der Waals surface area contributed by atoms with E-state index in [-0.39, 0.29) is 18.4 Å². The van der Waals surface area contributed by atoms with E-state index < -0.39 is 24.5 Å². The van der Waals surface area contributed by atoms with Gasteiger partial charge >= 0.3 is 0 Å². The van der Waals surface area contributed by atoms with Gasteiger partial charge < -0.3 is 32.2 Å². The van der Waals surface area contributed by atoms with E-state index in [0.717, 1.165) is 0 Å². The molecule has 20 heavy (non-hydrogen) atoms. The largest absolute Gasteiger partial charge is 0.394 e. The fraction of sp³-hybridized carbons (Fsp3) is 0.500. The van der Waals surface area contributed by atoms with E-state index in [0.29, 0.717) is 11.2 Å². The minimum atomic E-state index is -0.987. The Morgan fingerprint density at radius 2 is 2.10 bits per heavy atom. The molecule has 3 heterocycles. The van der Waals surface area contributed by atoms with Gasteiger partial charge in [-0.05, 0) is 0 Å². The van der Waals surface area contributed by atoms with Crippen LogP contribution in [0.1, 0.15) is 6.23 Å². The van der Waals surface area contributed by atoms with Crippen LogP contribution in [-0.2, 0) is 4.74 Å². The second-order valence-corrected chi connectivity index (χ2v) is 4.61. The molecule has 10 nitrogen and oxygen atoms in total. The molecule has 2 aromatic heterocycles. The molecule has 1 saturated heterocycles. The molecule has 0 radical (unpaired) electrons. The molecule has 0 spiro atoms. The molecule has 1 unspecified atom stereocenters. The van der Waals surface area contributed by atoms with Crippen molar-refractivity contribution < 1.29 is 14.9 Å². The molecule has 4 atom stereocenters. The van der Waals surface area contributed by atoms with Crippen LogP contribution < -0.4 is 17.2 Å². The number of nitrogens with zero attached hydrogens (tertiary/aromatic N) is 4. The molecule has 0 amide bonds. The summed E-state index contributed by atoms with van der Waals surface area (Å²) in [5.41, 5.74) is 17.9. The van der Waals surface area contributed by atoms with Gasteiger partial charge in [-0.1, -0.05) is 0 Å². The van der Waals surface area contributed by atoms with Gasteiger partial charge in [0.1, 0.15) is 17.7 Å². The topological polar surface area (TPSA) is 171 Å². The van der Waals surface area contributed by atoms with Crippen LogP contribution in [-0.4, -0.2) is 54.6 Å². The van der Waals surface area contributed by atoms with E-state index in [9.17, 15) is 5.11 Å². The van der Waals surface area contributed by atoms with Crippen molar-refractivity contribution >= 4 is 22.9 Å². The van der Waals surface area contributed by atoms with E-state index in [2.05, 4.69) is 15.0 Å². The molecule has 108 valence electrons. The van der Waals surface area contributed by atoms with Crippen LogP contribution in [0.3, 0.4) is 0 Å². The first-order valence-electron chi connectivity index (χ1n) is 5.98. The Labute approximate surface area is 113 Å². The smallest absolute Gasteiger partial charge is 0.224 e. The molecular formula is C10H15N7O3. The van der Waals surface area contributed by atoms with Gasteiger partial charge in [0, 0.05) is 0 Å². The first-order valence-corrected chi connectivity index (χ1v) is 5.98. The second-order valence-electron chi connectivity index (χ2n) is 4.61. The number of rotatable bonds is 2. The van der Waals surface area contributed by atoms with Crippen LogP contribution in [0.2, 0.25) is 0 Å². The Kier molecular flexibility index (Phi) is 2.94. The standard InChI is InChI=1S/C10H15N7O3/c11-4-6(19)3(1-18)20-9(4)17-2-14-5-7(12)15-10(13)16-8(5)17/h2-4,6,9,18-19H,1,11H2,(H4,12,13,15,16)/t3-,4+,6?,9-/m1/s1. The molecule has 1 aliphatic rings. The van der Waals surface area contributed by atoms with Crippen molar-refractivity contribution in [2.45, 2.75) is 24.5 Å². The summed E-state index contributed by atoms with van der Waals surface area (Å²) in [6, 6.07) is -0.734. The Hall–Kier alpha value is -2.01. The number of nitrogen functional groups attached to an aromatic ring is 2. The molecule has 3 rings (SSSR count). The van der Waals surface area contributed by atoms with Crippen LogP contribution in [0, 0.1) is 0 Å². The van der Waals surface area contributed by atoms with E-state index >= 15 is 0 Å². The Morgan fingerprint density at radius 3 is 2.75 bits per heavy atom. The predicted molar refractivity (Wildman–Crippen MR) is 69.1 cm³/mol. The highest BCUT2D eigenvalue weighted by molar-refractivity contribution is 5.82. The fourth-order valence-corrected chi connectivity index (χ4v) is 2.31. The Balaban J connectivity index is 2.07. The minimum Gasteiger partial charge on any atom is -0.394 e. The number of anilines is 2. The quantitative estimate of drug-likeness (QED) is 0.401. The summed E-state index contributed by atoms with van der Waals surface area (Å²) in [7, 11) is 0. The van der Waals surface area contributed by atoms with Crippen molar-refractivity contribution in [2.75, 3.05) is 18.1 Å². The summed E-state index contributed by atoms with van der Waals surface area (Å²) in [6.45, 7) is -0.336. The third-order valence-electron chi connectivity index (χ3n) is 3.34. The summed E-state index contributed by atoms with van der Waals surface area (Å²) in [6.07, 6.45) is -1.03. The lowest BCUT2D eigenvalue weighted by Gasteiger charge is -2.17. The SMILES string of the molecule is Nc1nc(N)c2ncn([C@@H]3O[C@H](CO)C(O)[C@@H]3N)c2n1. The number of ether oxygens (including phenoxy) is 1. The Morgan fingerprint density at radius 1 is 1.35 bits per heavy atom. The first-order chi connectivity index (χ1) is 9.52. The predicted octanol–water partition coefficient (Wildman–Crippen LogP) is -2.43. The molecule has 1 fully saturated rings. The number of fused-ring (bicyclic) bond motifs is 1. The van der Waals surface area contributed by atoms with Crippen LogP contribution >= 0.6 is 0 Å². The highest BCUT2D eigenvalue weighted by Gasteiger charge is 2.42.